The molecule has 3 nitrogen and oxygen atoms in total. The van der Waals surface area contributed by atoms with Crippen molar-refractivity contribution >= 4 is 0 Å². The first-order valence-electron chi connectivity index (χ1n) is 6.74. The molecule has 1 aromatic heterocycles. The number of benzene rings is 2. The number of imidazole rings is 1. The second kappa shape index (κ2) is 6.17. The van der Waals surface area contributed by atoms with Crippen LogP contribution in [0.5, 0.6) is 0 Å². The largest absolute Gasteiger partial charge is 0.347 e. The summed E-state index contributed by atoms with van der Waals surface area (Å²) in [7, 11) is 0. The third kappa shape index (κ3) is 3.13. The Hall–Kier alpha value is -2.39. The van der Waals surface area contributed by atoms with E-state index in [-0.39, 0.29) is 0 Å². The zero-order valence-electron chi connectivity index (χ0n) is 11.2. The summed E-state index contributed by atoms with van der Waals surface area (Å²) < 4.78 is 0. The molecule has 0 fully saturated rings. The number of aromatic amines is 1. The van der Waals surface area contributed by atoms with E-state index in [1.54, 1.807) is 6.33 Å². The Kier molecular flexibility index (Phi) is 3.90. The van der Waals surface area contributed by atoms with Crippen molar-refractivity contribution in [2.75, 3.05) is 0 Å². The highest BCUT2D eigenvalue weighted by molar-refractivity contribution is 5.63. The summed E-state index contributed by atoms with van der Waals surface area (Å²) in [5.74, 6) is 0. The van der Waals surface area contributed by atoms with Gasteiger partial charge in [-0.15, -0.1) is 0 Å². The highest BCUT2D eigenvalue weighted by atomic mass is 14.9. The Morgan fingerprint density at radius 1 is 0.850 bits per heavy atom. The molecule has 0 aliphatic heterocycles. The molecule has 0 amide bonds. The highest BCUT2D eigenvalue weighted by Crippen LogP contribution is 2.19. The molecule has 0 aliphatic rings. The van der Waals surface area contributed by atoms with Gasteiger partial charge in [-0.1, -0.05) is 54.6 Å². The van der Waals surface area contributed by atoms with Crippen LogP contribution in [0.25, 0.3) is 11.1 Å². The number of hydrogen-bond acceptors (Lipinski definition) is 2. The molecular formula is C17H17N3. The van der Waals surface area contributed by atoms with Crippen molar-refractivity contribution < 1.29 is 0 Å². The van der Waals surface area contributed by atoms with E-state index in [1.165, 1.54) is 16.7 Å². The van der Waals surface area contributed by atoms with Crippen molar-refractivity contribution in [3.05, 3.63) is 78.4 Å². The first-order chi connectivity index (χ1) is 9.92. The predicted molar refractivity (Wildman–Crippen MR) is 81.0 cm³/mol. The van der Waals surface area contributed by atoms with Crippen LogP contribution in [0.2, 0.25) is 0 Å². The molecule has 0 saturated heterocycles. The third-order valence-electron chi connectivity index (χ3n) is 3.26. The van der Waals surface area contributed by atoms with Crippen molar-refractivity contribution in [1.29, 1.82) is 0 Å². The third-order valence-corrected chi connectivity index (χ3v) is 3.26. The highest BCUT2D eigenvalue weighted by Gasteiger charge is 1.98. The van der Waals surface area contributed by atoms with Gasteiger partial charge in [-0.3, -0.25) is 0 Å². The molecule has 0 aliphatic carbocycles. The van der Waals surface area contributed by atoms with E-state index in [2.05, 4.69) is 63.8 Å². The molecule has 2 aromatic carbocycles. The quantitative estimate of drug-likeness (QED) is 0.741. The normalized spacial score (nSPS) is 10.6. The molecule has 0 unspecified atom stereocenters. The summed E-state index contributed by atoms with van der Waals surface area (Å²) in [6, 6.07) is 19.1. The van der Waals surface area contributed by atoms with E-state index in [0.29, 0.717) is 0 Å². The lowest BCUT2D eigenvalue weighted by molar-refractivity contribution is 0.682. The Balaban J connectivity index is 1.59. The van der Waals surface area contributed by atoms with Gasteiger partial charge in [-0.2, -0.15) is 0 Å². The molecule has 100 valence electrons. The molecule has 0 bridgehead atoms. The molecule has 20 heavy (non-hydrogen) atoms. The number of rotatable bonds is 5. The number of H-pyrrole nitrogens is 1. The first-order valence-corrected chi connectivity index (χ1v) is 6.74. The van der Waals surface area contributed by atoms with E-state index in [1.807, 2.05) is 12.3 Å². The maximum absolute atomic E-state index is 4.00. The number of nitrogens with one attached hydrogen (secondary N) is 2. The lowest BCUT2D eigenvalue weighted by atomic mass is 10.0. The van der Waals surface area contributed by atoms with Crippen LogP contribution >= 0.6 is 0 Å². The average Bonchev–Trinajstić information content (AvgIpc) is 3.02. The Morgan fingerprint density at radius 3 is 2.30 bits per heavy atom. The van der Waals surface area contributed by atoms with Crippen molar-refractivity contribution in [3.63, 3.8) is 0 Å². The summed E-state index contributed by atoms with van der Waals surface area (Å²) in [6.45, 7) is 1.66. The fourth-order valence-electron chi connectivity index (χ4n) is 2.17. The Morgan fingerprint density at radius 2 is 1.60 bits per heavy atom. The zero-order chi connectivity index (χ0) is 13.6. The van der Waals surface area contributed by atoms with Crippen LogP contribution in [0.4, 0.5) is 0 Å². The molecule has 0 spiro atoms. The first kappa shape index (κ1) is 12.6. The minimum absolute atomic E-state index is 0.806. The standard InChI is InChI=1S/C17H17N3/c1-2-4-15(5-3-1)16-8-6-14(7-9-16)10-18-11-17-12-19-13-20-17/h1-9,12-13,18H,10-11H2,(H,19,20). The van der Waals surface area contributed by atoms with Gasteiger partial charge in [0.1, 0.15) is 0 Å². The number of hydrogen-bond donors (Lipinski definition) is 2. The Bertz CT molecular complexity index is 628. The monoisotopic (exact) mass is 263 g/mol. The molecule has 0 saturated carbocycles. The van der Waals surface area contributed by atoms with E-state index in [0.717, 1.165) is 18.8 Å². The van der Waals surface area contributed by atoms with Crippen LogP contribution < -0.4 is 5.32 Å². The lowest BCUT2D eigenvalue weighted by Gasteiger charge is -2.06. The molecule has 3 aromatic rings. The second-order valence-corrected chi connectivity index (χ2v) is 4.74. The smallest absolute Gasteiger partial charge is 0.0922 e. The second-order valence-electron chi connectivity index (χ2n) is 4.74. The van der Waals surface area contributed by atoms with Gasteiger partial charge in [-0.25, -0.2) is 4.98 Å². The van der Waals surface area contributed by atoms with Crippen LogP contribution in [0.1, 0.15) is 11.3 Å². The van der Waals surface area contributed by atoms with Gasteiger partial charge in [0.2, 0.25) is 0 Å². The van der Waals surface area contributed by atoms with Gasteiger partial charge in [0.05, 0.1) is 6.33 Å². The molecule has 0 atom stereocenters. The molecule has 2 N–H and O–H groups in total. The molecular weight excluding hydrogens is 246 g/mol. The van der Waals surface area contributed by atoms with Crippen molar-refractivity contribution in [3.8, 4) is 11.1 Å². The van der Waals surface area contributed by atoms with Crippen molar-refractivity contribution in [2.45, 2.75) is 13.1 Å². The molecule has 0 radical (unpaired) electrons. The fraction of sp³-hybridized carbons (Fsp3) is 0.118. The number of nitrogens with zero attached hydrogens (tertiary/aromatic N) is 1. The summed E-state index contributed by atoms with van der Waals surface area (Å²) in [5, 5.41) is 3.39. The van der Waals surface area contributed by atoms with Gasteiger partial charge in [0.15, 0.2) is 0 Å². The van der Waals surface area contributed by atoms with Crippen LogP contribution in [0.3, 0.4) is 0 Å². The summed E-state index contributed by atoms with van der Waals surface area (Å²) >= 11 is 0. The fourth-order valence-corrected chi connectivity index (χ4v) is 2.17. The van der Waals surface area contributed by atoms with E-state index >= 15 is 0 Å². The summed E-state index contributed by atoms with van der Waals surface area (Å²) in [5.41, 5.74) is 4.89. The summed E-state index contributed by atoms with van der Waals surface area (Å²) in [6.07, 6.45) is 3.54. The van der Waals surface area contributed by atoms with Gasteiger partial charge >= 0.3 is 0 Å². The zero-order valence-corrected chi connectivity index (χ0v) is 11.2. The van der Waals surface area contributed by atoms with Crippen LogP contribution in [0.15, 0.2) is 67.1 Å². The van der Waals surface area contributed by atoms with Gasteiger partial charge in [0.25, 0.3) is 0 Å². The van der Waals surface area contributed by atoms with Gasteiger partial charge in [0, 0.05) is 25.0 Å². The topological polar surface area (TPSA) is 40.7 Å². The van der Waals surface area contributed by atoms with Crippen molar-refractivity contribution in [1.82, 2.24) is 15.3 Å². The van der Waals surface area contributed by atoms with Crippen LogP contribution in [-0.2, 0) is 13.1 Å². The van der Waals surface area contributed by atoms with Crippen LogP contribution in [-0.4, -0.2) is 9.97 Å². The van der Waals surface area contributed by atoms with E-state index < -0.39 is 0 Å². The molecule has 1 heterocycles. The van der Waals surface area contributed by atoms with Gasteiger partial charge in [-0.05, 0) is 16.7 Å². The minimum atomic E-state index is 0.806. The maximum Gasteiger partial charge on any atom is 0.0922 e. The van der Waals surface area contributed by atoms with Gasteiger partial charge < -0.3 is 10.3 Å². The maximum atomic E-state index is 4.00. The Labute approximate surface area is 118 Å². The molecule has 3 heteroatoms. The molecule has 3 rings (SSSR count). The van der Waals surface area contributed by atoms with E-state index in [9.17, 15) is 0 Å². The minimum Gasteiger partial charge on any atom is -0.347 e. The lowest BCUT2D eigenvalue weighted by Crippen LogP contribution is -2.12. The van der Waals surface area contributed by atoms with E-state index in [4.69, 9.17) is 0 Å². The average molecular weight is 263 g/mol. The van der Waals surface area contributed by atoms with Crippen molar-refractivity contribution in [2.24, 2.45) is 0 Å². The predicted octanol–water partition coefficient (Wildman–Crippen LogP) is 3.37. The SMILES string of the molecule is c1ccc(-c2ccc(CNCc3cnc[nH]3)cc2)cc1. The number of aromatic nitrogens is 2. The van der Waals surface area contributed by atoms with Crippen LogP contribution in [0, 0.1) is 0 Å². The summed E-state index contributed by atoms with van der Waals surface area (Å²) in [4.78, 5) is 7.08.